The minimum atomic E-state index is -0.388. The summed E-state index contributed by atoms with van der Waals surface area (Å²) in [5.74, 6) is 0.786. The fourth-order valence-corrected chi connectivity index (χ4v) is 5.53. The zero-order chi connectivity index (χ0) is 27.8. The molecule has 0 spiro atoms. The monoisotopic (exact) mass is 529 g/mol. The van der Waals surface area contributed by atoms with Gasteiger partial charge in [-0.05, 0) is 66.8 Å². The van der Waals surface area contributed by atoms with Crippen LogP contribution in [0.1, 0.15) is 55.5 Å². The molecule has 1 unspecified atom stereocenters. The molecular formula is C34H31N3O3. The van der Waals surface area contributed by atoms with Gasteiger partial charge in [-0.1, -0.05) is 78.4 Å². The number of benzene rings is 4. The lowest BCUT2D eigenvalue weighted by Crippen LogP contribution is -2.29. The zero-order valence-corrected chi connectivity index (χ0v) is 22.8. The summed E-state index contributed by atoms with van der Waals surface area (Å²) in [5, 5.41) is 18.5. The molecule has 6 rings (SSSR count). The summed E-state index contributed by atoms with van der Waals surface area (Å²) in [6.45, 7) is 6.87. The van der Waals surface area contributed by atoms with E-state index < -0.39 is 0 Å². The number of nitrogens with zero attached hydrogens (tertiary/aromatic N) is 2. The number of carbonyl (C=O) groups excluding carboxylic acids is 1. The first-order valence-corrected chi connectivity index (χ1v) is 13.4. The van der Waals surface area contributed by atoms with E-state index in [2.05, 4.69) is 34.5 Å². The molecule has 2 N–H and O–H groups in total. The molecule has 0 bridgehead atoms. The van der Waals surface area contributed by atoms with E-state index in [1.807, 2.05) is 86.3 Å². The van der Waals surface area contributed by atoms with Crippen LogP contribution in [0.25, 0.3) is 11.3 Å². The quantitative estimate of drug-likeness (QED) is 0.237. The molecule has 200 valence electrons. The standard InChI is InChI=1S/C34H31N3O3/c1-21-9-11-24(12-10-21)19-37-33(26-13-15-27(16-14-26)40-20-25-7-5-4-6-8-25)30-31(35-36-32(30)34(37)39)29-23(3)17-22(2)18-28(29)38/h4-18,33,38H,19-20H2,1-3H3,(H,35,36). The van der Waals surface area contributed by atoms with Gasteiger partial charge in [0.15, 0.2) is 0 Å². The highest BCUT2D eigenvalue weighted by molar-refractivity contribution is 6.00. The number of fused-ring (bicyclic) bond motifs is 1. The van der Waals surface area contributed by atoms with Crippen LogP contribution in [-0.2, 0) is 13.2 Å². The van der Waals surface area contributed by atoms with Gasteiger partial charge in [-0.2, -0.15) is 5.10 Å². The average Bonchev–Trinajstić information content (AvgIpc) is 3.48. The average molecular weight is 530 g/mol. The van der Waals surface area contributed by atoms with Crippen molar-refractivity contribution in [2.45, 2.75) is 40.0 Å². The fourth-order valence-electron chi connectivity index (χ4n) is 5.53. The Hall–Kier alpha value is -4.84. The first-order valence-electron chi connectivity index (χ1n) is 13.4. The maximum atomic E-state index is 13.8. The molecule has 1 aromatic heterocycles. The van der Waals surface area contributed by atoms with E-state index in [1.165, 1.54) is 5.56 Å². The second-order valence-electron chi connectivity index (χ2n) is 10.5. The van der Waals surface area contributed by atoms with E-state index in [-0.39, 0.29) is 17.7 Å². The molecule has 0 aliphatic carbocycles. The Morgan fingerprint density at radius 2 is 1.60 bits per heavy atom. The maximum absolute atomic E-state index is 13.8. The summed E-state index contributed by atoms with van der Waals surface area (Å²) in [4.78, 5) is 15.7. The number of phenols is 1. The molecule has 4 aromatic carbocycles. The van der Waals surface area contributed by atoms with Crippen molar-refractivity contribution in [1.82, 2.24) is 15.1 Å². The Bertz CT molecular complexity index is 1650. The van der Waals surface area contributed by atoms with Gasteiger partial charge in [0.05, 0.1) is 6.04 Å². The highest BCUT2D eigenvalue weighted by atomic mass is 16.5. The SMILES string of the molecule is Cc1ccc(CN2C(=O)c3[nH]nc(-c4c(C)cc(C)cc4O)c3C2c2ccc(OCc3ccccc3)cc2)cc1. The highest BCUT2D eigenvalue weighted by Crippen LogP contribution is 2.46. The Labute approximate surface area is 233 Å². The van der Waals surface area contributed by atoms with Gasteiger partial charge in [-0.15, -0.1) is 0 Å². The van der Waals surface area contributed by atoms with Crippen LogP contribution in [-0.4, -0.2) is 26.1 Å². The third kappa shape index (κ3) is 4.73. The normalized spacial score (nSPS) is 14.4. The second kappa shape index (κ2) is 10.4. The van der Waals surface area contributed by atoms with Gasteiger partial charge in [0.25, 0.3) is 5.91 Å². The van der Waals surface area contributed by atoms with E-state index in [4.69, 9.17) is 4.74 Å². The smallest absolute Gasteiger partial charge is 0.273 e. The Kier molecular flexibility index (Phi) is 6.60. The van der Waals surface area contributed by atoms with Crippen molar-refractivity contribution in [2.75, 3.05) is 0 Å². The molecule has 1 aliphatic rings. The van der Waals surface area contributed by atoms with Crippen LogP contribution in [0.15, 0.2) is 91.0 Å². The molecule has 5 aromatic rings. The van der Waals surface area contributed by atoms with Gasteiger partial charge in [0.2, 0.25) is 0 Å². The van der Waals surface area contributed by atoms with Crippen LogP contribution < -0.4 is 4.74 Å². The molecule has 40 heavy (non-hydrogen) atoms. The highest BCUT2D eigenvalue weighted by Gasteiger charge is 2.42. The second-order valence-corrected chi connectivity index (χ2v) is 10.5. The van der Waals surface area contributed by atoms with Gasteiger partial charge in [0.1, 0.15) is 29.5 Å². The van der Waals surface area contributed by atoms with Gasteiger partial charge < -0.3 is 14.7 Å². The minimum Gasteiger partial charge on any atom is -0.507 e. The van der Waals surface area contributed by atoms with Crippen LogP contribution in [0, 0.1) is 20.8 Å². The lowest BCUT2D eigenvalue weighted by molar-refractivity contribution is 0.0730. The molecular weight excluding hydrogens is 498 g/mol. The van der Waals surface area contributed by atoms with E-state index in [0.29, 0.717) is 30.1 Å². The molecule has 0 saturated heterocycles. The predicted molar refractivity (Wildman–Crippen MR) is 155 cm³/mol. The number of H-pyrrole nitrogens is 1. The summed E-state index contributed by atoms with van der Waals surface area (Å²) in [7, 11) is 0. The number of hydrogen-bond acceptors (Lipinski definition) is 4. The lowest BCUT2D eigenvalue weighted by atomic mass is 9.93. The lowest BCUT2D eigenvalue weighted by Gasteiger charge is -2.27. The topological polar surface area (TPSA) is 78.5 Å². The molecule has 6 heteroatoms. The van der Waals surface area contributed by atoms with Crippen molar-refractivity contribution in [3.05, 3.63) is 136 Å². The van der Waals surface area contributed by atoms with Crippen molar-refractivity contribution in [1.29, 1.82) is 0 Å². The molecule has 6 nitrogen and oxygen atoms in total. The number of phenolic OH excluding ortho intramolecular Hbond substituents is 1. The van der Waals surface area contributed by atoms with Crippen LogP contribution in [0.2, 0.25) is 0 Å². The van der Waals surface area contributed by atoms with E-state index in [9.17, 15) is 9.90 Å². The Balaban J connectivity index is 1.40. The summed E-state index contributed by atoms with van der Waals surface area (Å²) >= 11 is 0. The van der Waals surface area contributed by atoms with Crippen LogP contribution in [0.5, 0.6) is 11.5 Å². The predicted octanol–water partition coefficient (Wildman–Crippen LogP) is 7.03. The molecule has 1 atom stereocenters. The minimum absolute atomic E-state index is 0.118. The van der Waals surface area contributed by atoms with Crippen molar-refractivity contribution >= 4 is 5.91 Å². The zero-order valence-electron chi connectivity index (χ0n) is 22.8. The number of ether oxygens (including phenoxy) is 1. The first kappa shape index (κ1) is 25.4. The summed E-state index contributed by atoms with van der Waals surface area (Å²) in [5.41, 5.74) is 8.58. The number of nitrogens with one attached hydrogen (secondary N) is 1. The Morgan fingerprint density at radius 1 is 0.875 bits per heavy atom. The maximum Gasteiger partial charge on any atom is 0.273 e. The number of aryl methyl sites for hydroxylation is 3. The van der Waals surface area contributed by atoms with E-state index in [1.54, 1.807) is 6.07 Å². The Morgan fingerprint density at radius 3 is 2.30 bits per heavy atom. The molecule has 1 amide bonds. The van der Waals surface area contributed by atoms with E-state index in [0.717, 1.165) is 39.1 Å². The van der Waals surface area contributed by atoms with E-state index >= 15 is 0 Å². The molecule has 1 aliphatic heterocycles. The summed E-state index contributed by atoms with van der Waals surface area (Å²) in [6.07, 6.45) is 0. The largest absolute Gasteiger partial charge is 0.507 e. The van der Waals surface area contributed by atoms with Gasteiger partial charge >= 0.3 is 0 Å². The third-order valence-electron chi connectivity index (χ3n) is 7.48. The van der Waals surface area contributed by atoms with Crippen molar-refractivity contribution in [3.63, 3.8) is 0 Å². The van der Waals surface area contributed by atoms with Gasteiger partial charge in [0, 0.05) is 17.7 Å². The number of carbonyl (C=O) groups is 1. The van der Waals surface area contributed by atoms with Gasteiger partial charge in [-0.25, -0.2) is 0 Å². The number of aromatic hydroxyl groups is 1. The number of aromatic nitrogens is 2. The number of amides is 1. The van der Waals surface area contributed by atoms with Crippen LogP contribution in [0.3, 0.4) is 0 Å². The van der Waals surface area contributed by atoms with Crippen LogP contribution >= 0.6 is 0 Å². The third-order valence-corrected chi connectivity index (χ3v) is 7.48. The number of aromatic amines is 1. The molecule has 2 heterocycles. The van der Waals surface area contributed by atoms with Crippen molar-refractivity contribution < 1.29 is 14.6 Å². The van der Waals surface area contributed by atoms with Crippen LogP contribution in [0.4, 0.5) is 0 Å². The summed E-state index contributed by atoms with van der Waals surface area (Å²) in [6, 6.07) is 29.5. The van der Waals surface area contributed by atoms with Gasteiger partial charge in [-0.3, -0.25) is 9.89 Å². The first-order chi connectivity index (χ1) is 19.4. The fraction of sp³-hybridized carbons (Fsp3) is 0.176. The van der Waals surface area contributed by atoms with Crippen molar-refractivity contribution in [2.24, 2.45) is 0 Å². The molecule has 0 fully saturated rings. The van der Waals surface area contributed by atoms with Crippen molar-refractivity contribution in [3.8, 4) is 22.8 Å². The molecule has 0 saturated carbocycles. The summed E-state index contributed by atoms with van der Waals surface area (Å²) < 4.78 is 6.02. The number of hydrogen-bond donors (Lipinski definition) is 2. The molecule has 0 radical (unpaired) electrons. The number of rotatable bonds is 7.